The predicted molar refractivity (Wildman–Crippen MR) is 111 cm³/mol. The fraction of sp³-hybridized carbons (Fsp3) is 0.222. The van der Waals surface area contributed by atoms with Crippen molar-refractivity contribution >= 4 is 34.1 Å². The summed E-state index contributed by atoms with van der Waals surface area (Å²) in [6.45, 7) is 0.462. The smallest absolute Gasteiger partial charge is 0.182 e. The molecule has 138 valence electrons. The van der Waals surface area contributed by atoms with Crippen LogP contribution in [0.4, 0.5) is 5.13 Å². The van der Waals surface area contributed by atoms with E-state index in [1.54, 1.807) is 36.9 Å². The van der Waals surface area contributed by atoms with Crippen LogP contribution in [0.25, 0.3) is 10.6 Å². The lowest BCUT2D eigenvalue weighted by molar-refractivity contribution is 0.386. The molecule has 0 amide bonds. The van der Waals surface area contributed by atoms with Gasteiger partial charge in [0.15, 0.2) is 5.13 Å². The topological polar surface area (TPSA) is 81.8 Å². The van der Waals surface area contributed by atoms with Gasteiger partial charge in [0.05, 0.1) is 43.2 Å². The van der Waals surface area contributed by atoms with Crippen LogP contribution < -0.4 is 20.5 Å². The zero-order valence-corrected chi connectivity index (χ0v) is 16.6. The highest BCUT2D eigenvalue weighted by Crippen LogP contribution is 2.29. The molecular formula is C18H22N4O2S2. The molecule has 0 fully saturated rings. The number of aromatic nitrogens is 1. The molecule has 0 aliphatic carbocycles. The number of rotatable bonds is 6. The number of hydrogen-bond donors (Lipinski definition) is 2. The SMILES string of the molecule is CNc1nc(-c2cccs2)cs1.COc1cccc(OC)c1CN=CN. The molecule has 0 atom stereocenters. The quantitative estimate of drug-likeness (QED) is 0.489. The predicted octanol–water partition coefficient (Wildman–Crippen LogP) is 4.10. The van der Waals surface area contributed by atoms with Gasteiger partial charge in [0.25, 0.3) is 0 Å². The molecule has 2 heterocycles. The molecule has 1 aromatic carbocycles. The minimum Gasteiger partial charge on any atom is -0.496 e. The van der Waals surface area contributed by atoms with Gasteiger partial charge in [-0.25, -0.2) is 4.98 Å². The van der Waals surface area contributed by atoms with E-state index in [1.807, 2.05) is 31.3 Å². The van der Waals surface area contributed by atoms with Crippen LogP contribution >= 0.6 is 22.7 Å². The lowest BCUT2D eigenvalue weighted by atomic mass is 10.2. The molecule has 0 spiro atoms. The lowest BCUT2D eigenvalue weighted by Gasteiger charge is -2.10. The van der Waals surface area contributed by atoms with E-state index in [0.717, 1.165) is 27.9 Å². The monoisotopic (exact) mass is 390 g/mol. The maximum atomic E-state index is 5.19. The number of thiazole rings is 1. The van der Waals surface area contributed by atoms with Crippen molar-refractivity contribution in [2.24, 2.45) is 10.7 Å². The Hall–Kier alpha value is -2.58. The minimum absolute atomic E-state index is 0.462. The third-order valence-corrected chi connectivity index (χ3v) is 5.13. The zero-order valence-electron chi connectivity index (χ0n) is 14.9. The van der Waals surface area contributed by atoms with Gasteiger partial charge in [-0.1, -0.05) is 12.1 Å². The Kier molecular flexibility index (Phi) is 7.91. The highest BCUT2D eigenvalue weighted by molar-refractivity contribution is 7.15. The summed E-state index contributed by atoms with van der Waals surface area (Å²) in [6.07, 6.45) is 1.27. The van der Waals surface area contributed by atoms with Crippen LogP contribution in [0.3, 0.4) is 0 Å². The number of nitrogens with zero attached hydrogens (tertiary/aromatic N) is 2. The normalized spacial score (nSPS) is 10.3. The van der Waals surface area contributed by atoms with Gasteiger partial charge in [0, 0.05) is 12.4 Å². The van der Waals surface area contributed by atoms with E-state index in [1.165, 1.54) is 11.2 Å². The van der Waals surface area contributed by atoms with Crippen LogP contribution in [-0.4, -0.2) is 32.6 Å². The molecule has 2 aromatic heterocycles. The van der Waals surface area contributed by atoms with Crippen molar-refractivity contribution in [1.29, 1.82) is 0 Å². The molecule has 3 N–H and O–H groups in total. The molecule has 0 saturated heterocycles. The average Bonchev–Trinajstić information content (AvgIpc) is 3.37. The zero-order chi connectivity index (χ0) is 18.8. The largest absolute Gasteiger partial charge is 0.496 e. The second-order valence-electron chi connectivity index (χ2n) is 4.90. The molecule has 3 aromatic rings. The van der Waals surface area contributed by atoms with Crippen LogP contribution in [-0.2, 0) is 6.54 Å². The van der Waals surface area contributed by atoms with Gasteiger partial charge in [-0.2, -0.15) is 0 Å². The summed E-state index contributed by atoms with van der Waals surface area (Å²) >= 11 is 3.35. The molecule has 8 heteroatoms. The first-order valence-electron chi connectivity index (χ1n) is 7.80. The van der Waals surface area contributed by atoms with Gasteiger partial charge < -0.3 is 20.5 Å². The van der Waals surface area contributed by atoms with Crippen LogP contribution in [0.1, 0.15) is 5.56 Å². The third kappa shape index (κ3) is 5.21. The Bertz CT molecular complexity index is 794. The number of aliphatic imine (C=N–C) groups is 1. The van der Waals surface area contributed by atoms with Crippen LogP contribution in [0.15, 0.2) is 46.1 Å². The summed E-state index contributed by atoms with van der Waals surface area (Å²) < 4.78 is 10.4. The summed E-state index contributed by atoms with van der Waals surface area (Å²) in [4.78, 5) is 9.57. The van der Waals surface area contributed by atoms with Crippen LogP contribution in [0, 0.1) is 0 Å². The first-order valence-corrected chi connectivity index (χ1v) is 9.56. The summed E-state index contributed by atoms with van der Waals surface area (Å²) in [5.74, 6) is 1.52. The molecule has 0 unspecified atom stereocenters. The van der Waals surface area contributed by atoms with Gasteiger partial charge in [0.1, 0.15) is 11.5 Å². The Morgan fingerprint density at radius 1 is 1.15 bits per heavy atom. The Labute approximate surface area is 161 Å². The lowest BCUT2D eigenvalue weighted by Crippen LogP contribution is -1.97. The van der Waals surface area contributed by atoms with E-state index in [0.29, 0.717) is 6.54 Å². The third-order valence-electron chi connectivity index (χ3n) is 3.38. The van der Waals surface area contributed by atoms with Crippen molar-refractivity contribution in [1.82, 2.24) is 4.98 Å². The molecule has 6 nitrogen and oxygen atoms in total. The van der Waals surface area contributed by atoms with E-state index < -0.39 is 0 Å². The van der Waals surface area contributed by atoms with E-state index in [2.05, 4.69) is 32.1 Å². The molecule has 0 aliphatic rings. The van der Waals surface area contributed by atoms with Crippen molar-refractivity contribution in [3.05, 3.63) is 46.7 Å². The van der Waals surface area contributed by atoms with E-state index in [-0.39, 0.29) is 0 Å². The van der Waals surface area contributed by atoms with Crippen LogP contribution in [0.2, 0.25) is 0 Å². The maximum absolute atomic E-state index is 5.19. The fourth-order valence-electron chi connectivity index (χ4n) is 2.15. The summed E-state index contributed by atoms with van der Waals surface area (Å²) in [5.41, 5.74) is 7.16. The number of nitrogens with one attached hydrogen (secondary N) is 1. The Morgan fingerprint density at radius 2 is 1.88 bits per heavy atom. The van der Waals surface area contributed by atoms with Gasteiger partial charge in [-0.3, -0.25) is 4.99 Å². The van der Waals surface area contributed by atoms with Gasteiger partial charge in [-0.15, -0.1) is 22.7 Å². The van der Waals surface area contributed by atoms with Crippen molar-refractivity contribution < 1.29 is 9.47 Å². The minimum atomic E-state index is 0.462. The Morgan fingerprint density at radius 3 is 2.38 bits per heavy atom. The first kappa shape index (κ1) is 19.7. The second kappa shape index (κ2) is 10.4. The summed E-state index contributed by atoms with van der Waals surface area (Å²) in [7, 11) is 5.12. The number of benzene rings is 1. The first-order chi connectivity index (χ1) is 12.7. The summed E-state index contributed by atoms with van der Waals surface area (Å²) in [6, 6.07) is 9.72. The van der Waals surface area contributed by atoms with Gasteiger partial charge >= 0.3 is 0 Å². The molecule has 0 saturated carbocycles. The fourth-order valence-corrected chi connectivity index (χ4v) is 3.59. The number of thiophene rings is 1. The number of anilines is 1. The summed E-state index contributed by atoms with van der Waals surface area (Å²) in [5, 5.41) is 8.12. The van der Waals surface area contributed by atoms with Crippen LogP contribution in [0.5, 0.6) is 11.5 Å². The van der Waals surface area contributed by atoms with E-state index in [9.17, 15) is 0 Å². The highest BCUT2D eigenvalue weighted by atomic mass is 32.1. The average molecular weight is 391 g/mol. The number of hydrogen-bond acceptors (Lipinski definition) is 7. The van der Waals surface area contributed by atoms with E-state index >= 15 is 0 Å². The van der Waals surface area contributed by atoms with Crippen molar-refractivity contribution in [2.45, 2.75) is 6.54 Å². The van der Waals surface area contributed by atoms with Crippen molar-refractivity contribution in [3.63, 3.8) is 0 Å². The van der Waals surface area contributed by atoms with Crippen molar-refractivity contribution in [2.75, 3.05) is 26.6 Å². The Balaban J connectivity index is 0.000000189. The van der Waals surface area contributed by atoms with E-state index in [4.69, 9.17) is 15.2 Å². The van der Waals surface area contributed by atoms with Crippen molar-refractivity contribution in [3.8, 4) is 22.1 Å². The molecule has 0 aliphatic heterocycles. The van der Waals surface area contributed by atoms with Gasteiger partial charge in [-0.05, 0) is 23.6 Å². The molecular weight excluding hydrogens is 368 g/mol. The number of ether oxygens (including phenoxy) is 2. The second-order valence-corrected chi connectivity index (χ2v) is 6.70. The standard InChI is InChI=1S/C10H14N2O2.C8H8N2S2/c1-13-9-4-3-5-10(14-2)8(9)6-12-7-11;1-9-8-10-6(5-12-8)7-3-2-4-11-7/h3-5,7H,6H2,1-2H3,(H2,11,12);2-5H,1H3,(H,9,10). The molecule has 0 radical (unpaired) electrons. The maximum Gasteiger partial charge on any atom is 0.182 e. The number of nitrogens with two attached hydrogens (primary N) is 1. The highest BCUT2D eigenvalue weighted by Gasteiger charge is 2.07. The van der Waals surface area contributed by atoms with Gasteiger partial charge in [0.2, 0.25) is 0 Å². The number of methoxy groups -OCH3 is 2. The molecule has 3 rings (SSSR count). The molecule has 26 heavy (non-hydrogen) atoms. The molecule has 0 bridgehead atoms.